The first-order valence-electron chi connectivity index (χ1n) is 6.19. The molecule has 1 N–H and O–H groups in total. The van der Waals surface area contributed by atoms with Crippen LogP contribution in [0.3, 0.4) is 0 Å². The molecule has 2 aromatic heterocycles. The molecular formula is C14H14N2O. The highest BCUT2D eigenvalue weighted by Gasteiger charge is 2.32. The van der Waals surface area contributed by atoms with Gasteiger partial charge in [0.1, 0.15) is 11.3 Å². The third kappa shape index (κ3) is 1.42. The molecule has 0 amide bonds. The first kappa shape index (κ1) is 9.42. The van der Waals surface area contributed by atoms with Gasteiger partial charge in [0.2, 0.25) is 0 Å². The predicted octanol–water partition coefficient (Wildman–Crippen LogP) is 2.59. The Bertz CT molecular complexity index is 566. The molecule has 2 unspecified atom stereocenters. The van der Waals surface area contributed by atoms with E-state index in [0.29, 0.717) is 6.04 Å². The van der Waals surface area contributed by atoms with Crippen LogP contribution in [0.2, 0.25) is 0 Å². The molecule has 3 heteroatoms. The number of allylic oxidation sites excluding steroid dienone is 1. The van der Waals surface area contributed by atoms with E-state index >= 15 is 0 Å². The van der Waals surface area contributed by atoms with Crippen molar-refractivity contribution in [1.29, 1.82) is 0 Å². The van der Waals surface area contributed by atoms with Crippen molar-refractivity contribution >= 4 is 16.7 Å². The number of furan rings is 1. The molecule has 1 saturated heterocycles. The van der Waals surface area contributed by atoms with Crippen LogP contribution >= 0.6 is 0 Å². The lowest BCUT2D eigenvalue weighted by molar-refractivity contribution is 0.255. The molecule has 0 spiro atoms. The Kier molecular flexibility index (Phi) is 1.91. The minimum Gasteiger partial charge on any atom is -0.455 e. The number of hydrogen-bond acceptors (Lipinski definition) is 3. The fourth-order valence-corrected chi connectivity index (χ4v) is 2.77. The summed E-state index contributed by atoms with van der Waals surface area (Å²) in [6.07, 6.45) is 6.53. The van der Waals surface area contributed by atoms with Gasteiger partial charge in [-0.05, 0) is 36.5 Å². The maximum atomic E-state index is 5.86. The molecule has 3 heterocycles. The second-order valence-corrected chi connectivity index (χ2v) is 4.92. The van der Waals surface area contributed by atoms with Crippen molar-refractivity contribution in [2.45, 2.75) is 18.9 Å². The van der Waals surface area contributed by atoms with Gasteiger partial charge in [0, 0.05) is 24.8 Å². The van der Waals surface area contributed by atoms with Crippen LogP contribution in [0.4, 0.5) is 0 Å². The lowest BCUT2D eigenvalue weighted by atomic mass is 9.80. The Morgan fingerprint density at radius 2 is 2.41 bits per heavy atom. The van der Waals surface area contributed by atoms with Crippen LogP contribution < -0.4 is 5.32 Å². The van der Waals surface area contributed by atoms with Gasteiger partial charge < -0.3 is 9.73 Å². The van der Waals surface area contributed by atoms with Crippen molar-refractivity contribution < 1.29 is 4.42 Å². The average Bonchev–Trinajstić information content (AvgIpc) is 2.74. The summed E-state index contributed by atoms with van der Waals surface area (Å²) in [5.74, 6) is 1.84. The van der Waals surface area contributed by atoms with Crippen molar-refractivity contribution in [2.24, 2.45) is 5.92 Å². The molecule has 1 fully saturated rings. The van der Waals surface area contributed by atoms with Crippen molar-refractivity contribution in [3.8, 4) is 0 Å². The molecule has 2 aliphatic rings. The first-order valence-corrected chi connectivity index (χ1v) is 6.19. The normalized spacial score (nSPS) is 27.4. The molecule has 3 nitrogen and oxygen atoms in total. The summed E-state index contributed by atoms with van der Waals surface area (Å²) in [6.45, 7) is 1.18. The second kappa shape index (κ2) is 3.44. The van der Waals surface area contributed by atoms with Crippen LogP contribution in [-0.2, 0) is 0 Å². The predicted molar refractivity (Wildman–Crippen MR) is 66.5 cm³/mol. The lowest BCUT2D eigenvalue weighted by Crippen LogP contribution is -2.52. The second-order valence-electron chi connectivity index (χ2n) is 4.92. The monoisotopic (exact) mass is 226 g/mol. The molecule has 17 heavy (non-hydrogen) atoms. The van der Waals surface area contributed by atoms with Crippen molar-refractivity contribution in [1.82, 2.24) is 10.3 Å². The number of nitrogens with one attached hydrogen (secondary N) is 1. The molecule has 0 bridgehead atoms. The number of nitrogens with zero attached hydrogens (tertiary/aromatic N) is 1. The van der Waals surface area contributed by atoms with Gasteiger partial charge in [0.25, 0.3) is 0 Å². The number of aromatic nitrogens is 1. The van der Waals surface area contributed by atoms with Gasteiger partial charge in [-0.25, -0.2) is 0 Å². The van der Waals surface area contributed by atoms with Crippen molar-refractivity contribution in [3.63, 3.8) is 0 Å². The zero-order valence-electron chi connectivity index (χ0n) is 9.52. The number of pyridine rings is 1. The topological polar surface area (TPSA) is 38.1 Å². The summed E-state index contributed by atoms with van der Waals surface area (Å²) < 4.78 is 5.86. The fourth-order valence-electron chi connectivity index (χ4n) is 2.77. The standard InChI is InChI=1S/C14H14N2O/c1-2-13-12(15-5-1)7-14(17-13)9-3-4-10-8-16-11(10)6-9/h1-2,5-7,10-11,16H,3-4,8H2. The maximum absolute atomic E-state index is 5.86. The summed E-state index contributed by atoms with van der Waals surface area (Å²) >= 11 is 0. The number of rotatable bonds is 1. The SMILES string of the molecule is C1=C(c2cc3ncccc3o2)CCC2CNC12. The highest BCUT2D eigenvalue weighted by molar-refractivity contribution is 5.78. The Labute approximate surface area is 99.5 Å². The summed E-state index contributed by atoms with van der Waals surface area (Å²) in [6, 6.07) is 6.51. The highest BCUT2D eigenvalue weighted by Crippen LogP contribution is 2.35. The van der Waals surface area contributed by atoms with E-state index in [1.165, 1.54) is 18.5 Å². The van der Waals surface area contributed by atoms with E-state index in [4.69, 9.17) is 4.42 Å². The van der Waals surface area contributed by atoms with Crippen LogP contribution in [0.1, 0.15) is 18.6 Å². The Morgan fingerprint density at radius 1 is 1.41 bits per heavy atom. The van der Waals surface area contributed by atoms with E-state index in [9.17, 15) is 0 Å². The van der Waals surface area contributed by atoms with E-state index in [1.807, 2.05) is 12.1 Å². The molecule has 0 aromatic carbocycles. The highest BCUT2D eigenvalue weighted by atomic mass is 16.3. The Hall–Kier alpha value is -1.61. The Balaban J connectivity index is 1.76. The summed E-state index contributed by atoms with van der Waals surface area (Å²) in [7, 11) is 0. The van der Waals surface area contributed by atoms with E-state index in [2.05, 4.69) is 22.4 Å². The average molecular weight is 226 g/mol. The van der Waals surface area contributed by atoms with E-state index < -0.39 is 0 Å². The third-order valence-corrected chi connectivity index (χ3v) is 3.89. The van der Waals surface area contributed by atoms with Crippen LogP contribution in [0.15, 0.2) is 34.9 Å². The van der Waals surface area contributed by atoms with Gasteiger partial charge in [-0.15, -0.1) is 0 Å². The van der Waals surface area contributed by atoms with E-state index in [0.717, 1.165) is 29.2 Å². The molecule has 1 aliphatic heterocycles. The van der Waals surface area contributed by atoms with Gasteiger partial charge in [-0.2, -0.15) is 0 Å². The zero-order chi connectivity index (χ0) is 11.2. The van der Waals surface area contributed by atoms with Gasteiger partial charge in [0.15, 0.2) is 5.58 Å². The largest absolute Gasteiger partial charge is 0.455 e. The summed E-state index contributed by atoms with van der Waals surface area (Å²) in [5.41, 5.74) is 3.16. The van der Waals surface area contributed by atoms with Gasteiger partial charge in [-0.3, -0.25) is 4.98 Å². The zero-order valence-corrected chi connectivity index (χ0v) is 9.52. The van der Waals surface area contributed by atoms with Crippen molar-refractivity contribution in [2.75, 3.05) is 6.54 Å². The lowest BCUT2D eigenvalue weighted by Gasteiger charge is -2.39. The van der Waals surface area contributed by atoms with Crippen LogP contribution in [0.5, 0.6) is 0 Å². The maximum Gasteiger partial charge on any atom is 0.153 e. The van der Waals surface area contributed by atoms with E-state index in [-0.39, 0.29) is 0 Å². The summed E-state index contributed by atoms with van der Waals surface area (Å²) in [4.78, 5) is 4.31. The molecule has 4 rings (SSSR count). The number of hydrogen-bond donors (Lipinski definition) is 1. The van der Waals surface area contributed by atoms with Crippen molar-refractivity contribution in [3.05, 3.63) is 36.2 Å². The van der Waals surface area contributed by atoms with Crippen LogP contribution in [-0.4, -0.2) is 17.6 Å². The third-order valence-electron chi connectivity index (χ3n) is 3.89. The first-order chi connectivity index (χ1) is 8.40. The molecule has 0 saturated carbocycles. The smallest absolute Gasteiger partial charge is 0.153 e. The molecule has 1 aliphatic carbocycles. The fraction of sp³-hybridized carbons (Fsp3) is 0.357. The quantitative estimate of drug-likeness (QED) is 0.812. The Morgan fingerprint density at radius 3 is 3.18 bits per heavy atom. The van der Waals surface area contributed by atoms with E-state index in [1.54, 1.807) is 6.20 Å². The molecule has 2 atom stereocenters. The van der Waals surface area contributed by atoms with Crippen LogP contribution in [0.25, 0.3) is 16.7 Å². The van der Waals surface area contributed by atoms with Crippen LogP contribution in [0, 0.1) is 5.92 Å². The van der Waals surface area contributed by atoms with Gasteiger partial charge in [0.05, 0.1) is 0 Å². The molecule has 86 valence electrons. The van der Waals surface area contributed by atoms with Gasteiger partial charge >= 0.3 is 0 Å². The molecular weight excluding hydrogens is 212 g/mol. The molecule has 0 radical (unpaired) electrons. The molecule has 2 aromatic rings. The minimum absolute atomic E-state index is 0.569. The summed E-state index contributed by atoms with van der Waals surface area (Å²) in [5, 5.41) is 3.45. The number of fused-ring (bicyclic) bond motifs is 2. The van der Waals surface area contributed by atoms with Gasteiger partial charge in [-0.1, -0.05) is 6.08 Å². The minimum atomic E-state index is 0.569.